The lowest BCUT2D eigenvalue weighted by Crippen LogP contribution is -2.17. The number of hydrogen-bond donors (Lipinski definition) is 0. The maximum absolute atomic E-state index is 10.7. The van der Waals surface area contributed by atoms with E-state index < -0.39 is 5.09 Å². The van der Waals surface area contributed by atoms with Crippen molar-refractivity contribution in [3.63, 3.8) is 0 Å². The van der Waals surface area contributed by atoms with Gasteiger partial charge in [0.1, 0.15) is 0 Å². The van der Waals surface area contributed by atoms with E-state index in [-0.39, 0.29) is 11.3 Å². The molecule has 0 aliphatic carbocycles. The first-order valence-electron chi connectivity index (χ1n) is 8.61. The number of rotatable bonds is 9. The molecular formula is C19H16Cl3N3O3S. The fourth-order valence-corrected chi connectivity index (χ4v) is 4.70. The number of imidazole rings is 1. The van der Waals surface area contributed by atoms with Crippen LogP contribution < -0.4 is 4.84 Å². The molecule has 0 aliphatic rings. The second kappa shape index (κ2) is 10.2. The molecule has 2 aromatic carbocycles. The highest BCUT2D eigenvalue weighted by atomic mass is 35.5. The number of aryl methyl sites for hydroxylation is 1. The molecule has 1 atom stereocenters. The Kier molecular flexibility index (Phi) is 7.66. The molecular weight excluding hydrogens is 457 g/mol. The lowest BCUT2D eigenvalue weighted by atomic mass is 10.1. The largest absolute Gasteiger partial charge is 0.311 e. The highest BCUT2D eigenvalue weighted by Gasteiger charge is 2.18. The van der Waals surface area contributed by atoms with Crippen LogP contribution >= 0.6 is 46.6 Å². The van der Waals surface area contributed by atoms with Crippen molar-refractivity contribution < 1.29 is 9.92 Å². The van der Waals surface area contributed by atoms with Crippen LogP contribution in [0.4, 0.5) is 0 Å². The summed E-state index contributed by atoms with van der Waals surface area (Å²) in [6.45, 7) is 0.434. The Bertz CT molecular complexity index is 962. The summed E-state index contributed by atoms with van der Waals surface area (Å²) >= 11 is 20.2. The van der Waals surface area contributed by atoms with Crippen molar-refractivity contribution in [1.29, 1.82) is 0 Å². The van der Waals surface area contributed by atoms with Crippen LogP contribution in [-0.2, 0) is 13.0 Å². The molecule has 0 spiro atoms. The van der Waals surface area contributed by atoms with Gasteiger partial charge >= 0.3 is 5.09 Å². The van der Waals surface area contributed by atoms with Crippen molar-refractivity contribution in [3.05, 3.63) is 85.6 Å². The van der Waals surface area contributed by atoms with Crippen LogP contribution in [0.25, 0.3) is 0 Å². The molecule has 0 N–H and O–H groups in total. The predicted octanol–water partition coefficient (Wildman–Crippen LogP) is 6.21. The first kappa shape index (κ1) is 21.8. The van der Waals surface area contributed by atoms with Gasteiger partial charge in [0.2, 0.25) is 0 Å². The fraction of sp³-hybridized carbons (Fsp3) is 0.211. The summed E-state index contributed by atoms with van der Waals surface area (Å²) in [5.74, 6) is 0. The highest BCUT2D eigenvalue weighted by molar-refractivity contribution is 8.00. The molecule has 0 bridgehead atoms. The zero-order valence-corrected chi connectivity index (χ0v) is 18.1. The third-order valence-electron chi connectivity index (χ3n) is 4.11. The minimum absolute atomic E-state index is 0.00591. The normalized spacial score (nSPS) is 12.0. The molecule has 0 saturated carbocycles. The van der Waals surface area contributed by atoms with Gasteiger partial charge in [-0.3, -0.25) is 0 Å². The van der Waals surface area contributed by atoms with E-state index in [2.05, 4.69) is 9.82 Å². The number of benzene rings is 2. The van der Waals surface area contributed by atoms with Gasteiger partial charge in [0.15, 0.2) is 0 Å². The van der Waals surface area contributed by atoms with Crippen molar-refractivity contribution in [2.24, 2.45) is 0 Å². The van der Waals surface area contributed by atoms with Crippen LogP contribution in [0.3, 0.4) is 0 Å². The van der Waals surface area contributed by atoms with E-state index in [4.69, 9.17) is 34.8 Å². The molecule has 0 amide bonds. The molecule has 29 heavy (non-hydrogen) atoms. The Morgan fingerprint density at radius 3 is 2.48 bits per heavy atom. The van der Waals surface area contributed by atoms with Crippen molar-refractivity contribution in [2.45, 2.75) is 29.5 Å². The van der Waals surface area contributed by atoms with E-state index in [0.717, 1.165) is 23.3 Å². The molecule has 6 nitrogen and oxygen atoms in total. The summed E-state index contributed by atoms with van der Waals surface area (Å²) in [7, 11) is 0. The van der Waals surface area contributed by atoms with Gasteiger partial charge in [-0.25, -0.2) is 9.82 Å². The summed E-state index contributed by atoms with van der Waals surface area (Å²) < 4.78 is 1.60. The SMILES string of the molecule is O=[N+]([O-])Oc1nccn1CC(CCc1ccc(Cl)cc1)Sc1c(Cl)cccc1Cl. The predicted molar refractivity (Wildman–Crippen MR) is 116 cm³/mol. The molecule has 0 saturated heterocycles. The molecule has 10 heteroatoms. The van der Waals surface area contributed by atoms with E-state index in [1.807, 2.05) is 24.3 Å². The number of thioether (sulfide) groups is 1. The Hall–Kier alpha value is -1.93. The maximum atomic E-state index is 10.7. The molecule has 1 aromatic heterocycles. The highest BCUT2D eigenvalue weighted by Crippen LogP contribution is 2.38. The standard InChI is InChI=1S/C19H16Cl3N3O3S/c20-14-7-4-13(5-8-14)6-9-15(29-18-16(21)2-1-3-17(18)22)12-24-11-10-23-19(24)28-25(26)27/h1-5,7-8,10-11,15H,6,9,12H2. The quantitative estimate of drug-likeness (QED) is 0.210. The Balaban J connectivity index is 1.79. The molecule has 0 fully saturated rings. The Labute approximate surface area is 186 Å². The van der Waals surface area contributed by atoms with Gasteiger partial charge in [-0.2, -0.15) is 0 Å². The van der Waals surface area contributed by atoms with Crippen molar-refractivity contribution in [1.82, 2.24) is 9.55 Å². The topological polar surface area (TPSA) is 70.2 Å². The van der Waals surface area contributed by atoms with Crippen LogP contribution in [0.2, 0.25) is 15.1 Å². The summed E-state index contributed by atoms with van der Waals surface area (Å²) in [5.41, 5.74) is 1.14. The molecule has 152 valence electrons. The third kappa shape index (κ3) is 6.27. The van der Waals surface area contributed by atoms with Crippen molar-refractivity contribution >= 4 is 46.6 Å². The van der Waals surface area contributed by atoms with Crippen LogP contribution in [0.5, 0.6) is 6.01 Å². The average molecular weight is 473 g/mol. The van der Waals surface area contributed by atoms with Gasteiger partial charge in [-0.1, -0.05) is 53.0 Å². The van der Waals surface area contributed by atoms with Crippen LogP contribution in [0, 0.1) is 10.1 Å². The number of hydrogen-bond acceptors (Lipinski definition) is 5. The van der Waals surface area contributed by atoms with Crippen LogP contribution in [0.1, 0.15) is 12.0 Å². The third-order valence-corrected chi connectivity index (χ3v) is 6.61. The van der Waals surface area contributed by atoms with E-state index in [0.29, 0.717) is 21.6 Å². The summed E-state index contributed by atoms with van der Waals surface area (Å²) in [5, 5.41) is 11.6. The average Bonchev–Trinajstić information content (AvgIpc) is 3.10. The van der Waals surface area contributed by atoms with Gasteiger partial charge in [-0.05, 0) is 42.7 Å². The Morgan fingerprint density at radius 2 is 1.83 bits per heavy atom. The second-order valence-electron chi connectivity index (χ2n) is 6.13. The zero-order valence-electron chi connectivity index (χ0n) is 15.0. The lowest BCUT2D eigenvalue weighted by Gasteiger charge is -2.19. The van der Waals surface area contributed by atoms with Gasteiger partial charge < -0.3 is 4.57 Å². The molecule has 0 radical (unpaired) electrons. The zero-order chi connectivity index (χ0) is 20.8. The van der Waals surface area contributed by atoms with E-state index in [9.17, 15) is 10.1 Å². The maximum Gasteiger partial charge on any atom is 0.302 e. The van der Waals surface area contributed by atoms with Crippen LogP contribution in [-0.4, -0.2) is 19.9 Å². The van der Waals surface area contributed by atoms with Gasteiger partial charge in [0, 0.05) is 34.1 Å². The number of nitrogens with zero attached hydrogens (tertiary/aromatic N) is 3. The smallest absolute Gasteiger partial charge is 0.302 e. The molecule has 1 heterocycles. The second-order valence-corrected chi connectivity index (χ2v) is 8.69. The number of aromatic nitrogens is 2. The molecule has 0 aliphatic heterocycles. The van der Waals surface area contributed by atoms with E-state index in [1.54, 1.807) is 29.0 Å². The summed E-state index contributed by atoms with van der Waals surface area (Å²) in [4.78, 5) is 19.9. The monoisotopic (exact) mass is 471 g/mol. The van der Waals surface area contributed by atoms with Crippen molar-refractivity contribution in [2.75, 3.05) is 0 Å². The number of halogens is 3. The lowest BCUT2D eigenvalue weighted by molar-refractivity contribution is -0.713. The van der Waals surface area contributed by atoms with Crippen LogP contribution in [0.15, 0.2) is 59.8 Å². The fourth-order valence-electron chi connectivity index (χ4n) is 2.74. The molecule has 3 rings (SSSR count). The summed E-state index contributed by atoms with van der Waals surface area (Å²) in [6.07, 6.45) is 4.66. The minimum Gasteiger partial charge on any atom is -0.311 e. The van der Waals surface area contributed by atoms with Crippen molar-refractivity contribution in [3.8, 4) is 6.01 Å². The van der Waals surface area contributed by atoms with Gasteiger partial charge in [0.25, 0.3) is 6.01 Å². The first-order valence-corrected chi connectivity index (χ1v) is 10.6. The minimum atomic E-state index is -0.875. The summed E-state index contributed by atoms with van der Waals surface area (Å²) in [6, 6.07) is 12.9. The van der Waals surface area contributed by atoms with Gasteiger partial charge in [0.05, 0.1) is 10.0 Å². The van der Waals surface area contributed by atoms with E-state index in [1.165, 1.54) is 18.0 Å². The first-order chi connectivity index (χ1) is 13.9. The molecule has 3 aromatic rings. The van der Waals surface area contributed by atoms with Gasteiger partial charge in [-0.15, -0.1) is 21.9 Å². The molecule has 1 unspecified atom stereocenters. The van der Waals surface area contributed by atoms with E-state index >= 15 is 0 Å². The Morgan fingerprint density at radius 1 is 1.14 bits per heavy atom.